The Labute approximate surface area is 134 Å². The summed E-state index contributed by atoms with van der Waals surface area (Å²) in [6.07, 6.45) is 4.53. The molecule has 0 aromatic carbocycles. The molecule has 1 aliphatic rings. The molecule has 1 amide bonds. The molecule has 6 heteroatoms. The van der Waals surface area contributed by atoms with E-state index in [9.17, 15) is 4.79 Å². The average molecular weight is 335 g/mol. The maximum atomic E-state index is 12.6. The lowest BCUT2D eigenvalue weighted by atomic mass is 10.0. The van der Waals surface area contributed by atoms with E-state index < -0.39 is 0 Å². The SMILES string of the molecule is CCCN(CC1CCCCN1)C(=O)c1cc(Cl)sc1Cl. The van der Waals surface area contributed by atoms with Gasteiger partial charge < -0.3 is 10.2 Å². The average Bonchev–Trinajstić information content (AvgIpc) is 2.77. The van der Waals surface area contributed by atoms with E-state index in [1.165, 1.54) is 24.2 Å². The minimum absolute atomic E-state index is 0.00706. The third-order valence-electron chi connectivity index (χ3n) is 3.52. The van der Waals surface area contributed by atoms with E-state index >= 15 is 0 Å². The van der Waals surface area contributed by atoms with Gasteiger partial charge >= 0.3 is 0 Å². The fraction of sp³-hybridized carbons (Fsp3) is 0.643. The zero-order chi connectivity index (χ0) is 14.5. The number of thiophene rings is 1. The highest BCUT2D eigenvalue weighted by atomic mass is 35.5. The molecule has 1 N–H and O–H groups in total. The first kappa shape index (κ1) is 16.1. The fourth-order valence-corrected chi connectivity index (χ4v) is 4.00. The molecule has 0 aliphatic carbocycles. The van der Waals surface area contributed by atoms with Gasteiger partial charge in [-0.25, -0.2) is 0 Å². The molecule has 1 aromatic heterocycles. The molecule has 2 rings (SSSR count). The fourth-order valence-electron chi connectivity index (χ4n) is 2.55. The Balaban J connectivity index is 2.06. The van der Waals surface area contributed by atoms with E-state index in [1.807, 2.05) is 4.90 Å². The van der Waals surface area contributed by atoms with Crippen molar-refractivity contribution in [1.82, 2.24) is 10.2 Å². The highest BCUT2D eigenvalue weighted by Crippen LogP contribution is 2.32. The van der Waals surface area contributed by atoms with Crippen molar-refractivity contribution >= 4 is 40.4 Å². The summed E-state index contributed by atoms with van der Waals surface area (Å²) in [5.41, 5.74) is 0.533. The first-order valence-corrected chi connectivity index (χ1v) is 8.66. The number of carbonyl (C=O) groups excluding carboxylic acids is 1. The number of halogens is 2. The van der Waals surface area contributed by atoms with Gasteiger partial charge in [-0.15, -0.1) is 11.3 Å². The second-order valence-corrected chi connectivity index (χ2v) is 7.42. The largest absolute Gasteiger partial charge is 0.337 e. The second-order valence-electron chi connectivity index (χ2n) is 5.14. The Morgan fingerprint density at radius 1 is 1.50 bits per heavy atom. The highest BCUT2D eigenvalue weighted by molar-refractivity contribution is 7.20. The van der Waals surface area contributed by atoms with Crippen molar-refractivity contribution in [2.75, 3.05) is 19.6 Å². The van der Waals surface area contributed by atoms with Crippen LogP contribution in [0.25, 0.3) is 0 Å². The standard InChI is InChI=1S/C14H20Cl2N2OS/c1-2-7-18(9-10-5-3-4-6-17-10)14(19)11-8-12(15)20-13(11)16/h8,10,17H,2-7,9H2,1H3. The maximum absolute atomic E-state index is 12.6. The molecule has 0 bridgehead atoms. The van der Waals surface area contributed by atoms with Gasteiger partial charge in [0.2, 0.25) is 0 Å². The first-order valence-electron chi connectivity index (χ1n) is 7.09. The molecule has 2 heterocycles. The van der Waals surface area contributed by atoms with Crippen LogP contribution in [0, 0.1) is 0 Å². The number of nitrogens with zero attached hydrogens (tertiary/aromatic N) is 1. The smallest absolute Gasteiger partial charge is 0.256 e. The summed E-state index contributed by atoms with van der Waals surface area (Å²) in [7, 11) is 0. The van der Waals surface area contributed by atoms with Crippen molar-refractivity contribution in [3.8, 4) is 0 Å². The predicted octanol–water partition coefficient (Wildman–Crippen LogP) is 4.05. The van der Waals surface area contributed by atoms with Crippen LogP contribution in [0.3, 0.4) is 0 Å². The second kappa shape index (κ2) is 7.64. The summed E-state index contributed by atoms with van der Waals surface area (Å²) in [5.74, 6) is -0.00706. The van der Waals surface area contributed by atoms with Crippen molar-refractivity contribution in [3.05, 3.63) is 20.3 Å². The van der Waals surface area contributed by atoms with E-state index in [-0.39, 0.29) is 5.91 Å². The minimum Gasteiger partial charge on any atom is -0.337 e. The minimum atomic E-state index is -0.00706. The van der Waals surface area contributed by atoms with Crippen molar-refractivity contribution < 1.29 is 4.79 Å². The van der Waals surface area contributed by atoms with Gasteiger partial charge in [0.15, 0.2) is 0 Å². The van der Waals surface area contributed by atoms with Crippen LogP contribution in [-0.2, 0) is 0 Å². The predicted molar refractivity (Wildman–Crippen MR) is 86.2 cm³/mol. The van der Waals surface area contributed by atoms with Crippen LogP contribution in [0.15, 0.2) is 6.07 Å². The van der Waals surface area contributed by atoms with Gasteiger partial charge in [0.25, 0.3) is 5.91 Å². The van der Waals surface area contributed by atoms with Gasteiger partial charge in [0.05, 0.1) is 9.90 Å². The molecule has 1 saturated heterocycles. The van der Waals surface area contributed by atoms with Gasteiger partial charge in [-0.1, -0.05) is 36.5 Å². The van der Waals surface area contributed by atoms with Crippen LogP contribution < -0.4 is 5.32 Å². The van der Waals surface area contributed by atoms with E-state index in [0.717, 1.165) is 32.5 Å². The van der Waals surface area contributed by atoms with Gasteiger partial charge in [-0.2, -0.15) is 0 Å². The van der Waals surface area contributed by atoms with E-state index in [0.29, 0.717) is 20.3 Å². The van der Waals surface area contributed by atoms with E-state index in [2.05, 4.69) is 12.2 Å². The zero-order valence-electron chi connectivity index (χ0n) is 11.6. The number of carbonyl (C=O) groups is 1. The molecule has 1 aromatic rings. The molecule has 20 heavy (non-hydrogen) atoms. The Kier molecular flexibility index (Phi) is 6.15. The normalized spacial score (nSPS) is 19.1. The molecule has 1 atom stereocenters. The Morgan fingerprint density at radius 3 is 2.85 bits per heavy atom. The van der Waals surface area contributed by atoms with Gasteiger partial charge in [0, 0.05) is 19.1 Å². The lowest BCUT2D eigenvalue weighted by molar-refractivity contribution is 0.0732. The lowest BCUT2D eigenvalue weighted by Gasteiger charge is -2.30. The van der Waals surface area contributed by atoms with E-state index in [4.69, 9.17) is 23.2 Å². The number of rotatable bonds is 5. The van der Waals surface area contributed by atoms with Gasteiger partial charge in [-0.05, 0) is 31.9 Å². The summed E-state index contributed by atoms with van der Waals surface area (Å²) in [6, 6.07) is 2.07. The van der Waals surface area contributed by atoms with Gasteiger partial charge in [0.1, 0.15) is 4.34 Å². The lowest BCUT2D eigenvalue weighted by Crippen LogP contribution is -2.46. The maximum Gasteiger partial charge on any atom is 0.256 e. The molecule has 0 radical (unpaired) electrons. The summed E-state index contributed by atoms with van der Waals surface area (Å²) in [4.78, 5) is 14.5. The summed E-state index contributed by atoms with van der Waals surface area (Å²) in [5, 5.41) is 3.48. The molecule has 1 fully saturated rings. The molecule has 1 unspecified atom stereocenters. The third kappa shape index (κ3) is 4.10. The third-order valence-corrected chi connectivity index (χ3v) is 5.01. The quantitative estimate of drug-likeness (QED) is 0.880. The number of piperidine rings is 1. The molecule has 0 spiro atoms. The van der Waals surface area contributed by atoms with Crippen LogP contribution in [0.2, 0.25) is 8.67 Å². The van der Waals surface area contributed by atoms with Crippen molar-refractivity contribution in [1.29, 1.82) is 0 Å². The number of hydrogen-bond acceptors (Lipinski definition) is 3. The Hall–Kier alpha value is -0.290. The van der Waals surface area contributed by atoms with Crippen LogP contribution in [0.1, 0.15) is 43.0 Å². The zero-order valence-corrected chi connectivity index (χ0v) is 14.0. The molecule has 1 aliphatic heterocycles. The number of amides is 1. The van der Waals surface area contributed by atoms with Crippen LogP contribution in [0.4, 0.5) is 0 Å². The van der Waals surface area contributed by atoms with Crippen LogP contribution >= 0.6 is 34.5 Å². The summed E-state index contributed by atoms with van der Waals surface area (Å²) in [6.45, 7) is 4.62. The Bertz CT molecular complexity index is 458. The van der Waals surface area contributed by atoms with Crippen molar-refractivity contribution in [2.24, 2.45) is 0 Å². The summed E-state index contributed by atoms with van der Waals surface area (Å²) < 4.78 is 1.04. The molecular formula is C14H20Cl2N2OS. The molecule has 3 nitrogen and oxygen atoms in total. The van der Waals surface area contributed by atoms with Crippen LogP contribution in [-0.4, -0.2) is 36.5 Å². The number of hydrogen-bond donors (Lipinski definition) is 1. The molecule has 0 saturated carbocycles. The van der Waals surface area contributed by atoms with E-state index in [1.54, 1.807) is 6.07 Å². The summed E-state index contributed by atoms with van der Waals surface area (Å²) >= 11 is 13.3. The highest BCUT2D eigenvalue weighted by Gasteiger charge is 2.23. The monoisotopic (exact) mass is 334 g/mol. The van der Waals surface area contributed by atoms with Crippen molar-refractivity contribution in [3.63, 3.8) is 0 Å². The van der Waals surface area contributed by atoms with Crippen molar-refractivity contribution in [2.45, 2.75) is 38.6 Å². The topological polar surface area (TPSA) is 32.3 Å². The number of nitrogens with one attached hydrogen (secondary N) is 1. The van der Waals surface area contributed by atoms with Crippen LogP contribution in [0.5, 0.6) is 0 Å². The molecular weight excluding hydrogens is 315 g/mol. The Morgan fingerprint density at radius 2 is 2.30 bits per heavy atom. The van der Waals surface area contributed by atoms with Gasteiger partial charge in [-0.3, -0.25) is 4.79 Å². The first-order chi connectivity index (χ1) is 9.61. The molecule has 112 valence electrons.